The molecule has 168 valence electrons. The minimum Gasteiger partial charge on any atom is -0.476 e. The van der Waals surface area contributed by atoms with E-state index in [1.54, 1.807) is 0 Å². The molecule has 10 nitrogen and oxygen atoms in total. The van der Waals surface area contributed by atoms with E-state index >= 15 is 0 Å². The molecule has 4 heterocycles. The topological polar surface area (TPSA) is 132 Å². The summed E-state index contributed by atoms with van der Waals surface area (Å²) >= 11 is 0. The Morgan fingerprint density at radius 2 is 1.91 bits per heavy atom. The molecule has 4 aromatic heterocycles. The summed E-state index contributed by atoms with van der Waals surface area (Å²) in [6.45, 7) is 2.86. The second-order valence-corrected chi connectivity index (χ2v) is 9.16. The molecule has 32 heavy (non-hydrogen) atoms. The Hall–Kier alpha value is -3.55. The molecule has 1 N–H and O–H groups in total. The summed E-state index contributed by atoms with van der Waals surface area (Å²) in [5, 5.41) is 13.1. The van der Waals surface area contributed by atoms with Gasteiger partial charge in [0.2, 0.25) is 0 Å². The lowest BCUT2D eigenvalue weighted by molar-refractivity contribution is -0.141. The number of carbonyl (C=O) groups is 1. The Bertz CT molecular complexity index is 1520. The molecule has 4 rings (SSSR count). The Morgan fingerprint density at radius 3 is 2.50 bits per heavy atom. The zero-order chi connectivity index (χ0) is 23.6. The minimum absolute atomic E-state index is 0.0455. The van der Waals surface area contributed by atoms with E-state index in [1.165, 1.54) is 31.7 Å². The van der Waals surface area contributed by atoms with Gasteiger partial charge in [0.1, 0.15) is 17.1 Å². The van der Waals surface area contributed by atoms with E-state index in [2.05, 4.69) is 20.1 Å². The maximum atomic E-state index is 13.1. The zero-order valence-electron chi connectivity index (χ0n) is 16.8. The molecule has 0 fully saturated rings. The molecule has 0 aliphatic rings. The lowest BCUT2D eigenvalue weighted by atomic mass is 10.2. The Morgan fingerprint density at radius 1 is 1.22 bits per heavy atom. The third-order valence-corrected chi connectivity index (χ3v) is 6.59. The van der Waals surface area contributed by atoms with Crippen molar-refractivity contribution in [2.24, 2.45) is 7.05 Å². The van der Waals surface area contributed by atoms with Gasteiger partial charge in [-0.25, -0.2) is 32.7 Å². The molecule has 0 atom stereocenters. The van der Waals surface area contributed by atoms with E-state index in [4.69, 9.17) is 0 Å². The maximum absolute atomic E-state index is 13.1. The fourth-order valence-electron chi connectivity index (χ4n) is 3.33. The first-order valence-electron chi connectivity index (χ1n) is 9.11. The van der Waals surface area contributed by atoms with Crippen LogP contribution in [0.4, 0.5) is 13.2 Å². The fourth-order valence-corrected chi connectivity index (χ4v) is 4.30. The predicted molar refractivity (Wildman–Crippen MR) is 105 cm³/mol. The first kappa shape index (κ1) is 21.7. The van der Waals surface area contributed by atoms with E-state index in [9.17, 15) is 31.5 Å². The number of pyridine rings is 1. The predicted octanol–water partition coefficient (Wildman–Crippen LogP) is 2.50. The molecule has 0 amide bonds. The van der Waals surface area contributed by atoms with Crippen LogP contribution in [0.15, 0.2) is 23.5 Å². The smallest absolute Gasteiger partial charge is 0.433 e. The summed E-state index contributed by atoms with van der Waals surface area (Å²) in [6.07, 6.45) is -2.46. The number of sulfone groups is 1. The Labute approximate surface area is 178 Å². The normalized spacial score (nSPS) is 12.7. The molecule has 0 bridgehead atoms. The number of fused-ring (bicyclic) bond motifs is 2. The van der Waals surface area contributed by atoms with Crippen molar-refractivity contribution in [3.8, 4) is 11.4 Å². The van der Waals surface area contributed by atoms with Crippen molar-refractivity contribution in [2.45, 2.75) is 25.0 Å². The molecular formula is C18H15F3N6O4S. The van der Waals surface area contributed by atoms with Crippen molar-refractivity contribution < 1.29 is 31.5 Å². The molecule has 4 aromatic rings. The van der Waals surface area contributed by atoms with Crippen LogP contribution in [0.25, 0.3) is 28.1 Å². The Balaban J connectivity index is 2.13. The minimum atomic E-state index is -4.69. The highest BCUT2D eigenvalue weighted by Gasteiger charge is 2.34. The number of alkyl halides is 3. The van der Waals surface area contributed by atoms with Crippen LogP contribution in [0.1, 0.15) is 28.7 Å². The van der Waals surface area contributed by atoms with E-state index in [0.29, 0.717) is 0 Å². The summed E-state index contributed by atoms with van der Waals surface area (Å²) in [5.41, 5.74) is -1.30. The fraction of sp³-hybridized carbons (Fsp3) is 0.278. The van der Waals surface area contributed by atoms with Crippen LogP contribution < -0.4 is 0 Å². The van der Waals surface area contributed by atoms with Gasteiger partial charge in [-0.2, -0.15) is 18.3 Å². The number of halogens is 3. The summed E-state index contributed by atoms with van der Waals surface area (Å²) < 4.78 is 67.1. The van der Waals surface area contributed by atoms with Crippen molar-refractivity contribution in [3.05, 3.63) is 35.4 Å². The van der Waals surface area contributed by atoms with Gasteiger partial charge >= 0.3 is 12.1 Å². The number of aryl methyl sites for hydroxylation is 2. The number of carboxylic acids is 1. The highest BCUT2D eigenvalue weighted by Crippen LogP contribution is 2.35. The van der Waals surface area contributed by atoms with Crippen LogP contribution in [0.3, 0.4) is 0 Å². The van der Waals surface area contributed by atoms with E-state index in [-0.39, 0.29) is 45.1 Å². The first-order valence-corrected chi connectivity index (χ1v) is 10.8. The van der Waals surface area contributed by atoms with Crippen molar-refractivity contribution in [3.63, 3.8) is 0 Å². The first-order chi connectivity index (χ1) is 14.9. The molecule has 0 spiro atoms. The molecule has 0 saturated heterocycles. The van der Waals surface area contributed by atoms with Crippen molar-refractivity contribution in [2.75, 3.05) is 5.75 Å². The number of rotatable bonds is 4. The van der Waals surface area contributed by atoms with Crippen LogP contribution >= 0.6 is 0 Å². The van der Waals surface area contributed by atoms with Gasteiger partial charge in [-0.3, -0.25) is 0 Å². The highest BCUT2D eigenvalue weighted by atomic mass is 32.2. The number of aromatic carboxylic acids is 1. The molecular weight excluding hydrogens is 453 g/mol. The number of hydrogen-bond acceptors (Lipinski definition) is 7. The number of imidazole rings is 1. The number of carboxylic acid groups (broad SMARTS) is 1. The third-order valence-electron chi connectivity index (χ3n) is 4.95. The van der Waals surface area contributed by atoms with Crippen LogP contribution in [-0.4, -0.2) is 54.4 Å². The molecule has 0 aliphatic carbocycles. The van der Waals surface area contributed by atoms with E-state index < -0.39 is 32.7 Å². The molecule has 0 radical (unpaired) electrons. The van der Waals surface area contributed by atoms with Gasteiger partial charge in [0.25, 0.3) is 0 Å². The second kappa shape index (κ2) is 6.98. The largest absolute Gasteiger partial charge is 0.476 e. The molecule has 0 aromatic carbocycles. The van der Waals surface area contributed by atoms with Crippen molar-refractivity contribution in [1.29, 1.82) is 0 Å². The van der Waals surface area contributed by atoms with Gasteiger partial charge in [0, 0.05) is 18.8 Å². The average molecular weight is 468 g/mol. The van der Waals surface area contributed by atoms with Crippen LogP contribution in [0.5, 0.6) is 0 Å². The monoisotopic (exact) mass is 468 g/mol. The SMILES string of the molecule is CCS(=O)(=O)c1nn2c(C(=O)O)c(C)cnc2c1-c1nc2cc(C(F)(F)F)ncc2n1C. The lowest BCUT2D eigenvalue weighted by Crippen LogP contribution is -2.11. The standard InChI is InChI=1S/C18H15F3N6O4S/c1-4-32(30,31)16-12(14-23-6-8(2)13(17(28)29)27(14)25-16)15-24-9-5-11(18(19,20)21)22-7-10(9)26(15)3/h5-7H,4H2,1-3H3,(H,28,29). The number of hydrogen-bond donors (Lipinski definition) is 1. The van der Waals surface area contributed by atoms with E-state index in [1.807, 2.05) is 0 Å². The summed E-state index contributed by atoms with van der Waals surface area (Å²) in [4.78, 5) is 23.6. The second-order valence-electron chi connectivity index (χ2n) is 6.96. The van der Waals surface area contributed by atoms with Gasteiger partial charge in [0.05, 0.1) is 23.0 Å². The van der Waals surface area contributed by atoms with Gasteiger partial charge in [-0.1, -0.05) is 6.92 Å². The van der Waals surface area contributed by atoms with Crippen molar-refractivity contribution in [1.82, 2.24) is 29.1 Å². The molecule has 0 aliphatic heterocycles. The third kappa shape index (κ3) is 3.18. The molecule has 14 heteroatoms. The van der Waals surface area contributed by atoms with Gasteiger partial charge in [-0.15, -0.1) is 0 Å². The van der Waals surface area contributed by atoms with Crippen molar-refractivity contribution >= 4 is 32.5 Å². The maximum Gasteiger partial charge on any atom is 0.433 e. The quantitative estimate of drug-likeness (QED) is 0.483. The van der Waals surface area contributed by atoms with Gasteiger partial charge in [0.15, 0.2) is 26.2 Å². The Kier molecular flexibility index (Phi) is 4.73. The lowest BCUT2D eigenvalue weighted by Gasteiger charge is -2.05. The van der Waals surface area contributed by atoms with Gasteiger partial charge < -0.3 is 9.67 Å². The summed E-state index contributed by atoms with van der Waals surface area (Å²) in [5.74, 6) is -1.75. The van der Waals surface area contributed by atoms with Crippen LogP contribution in [-0.2, 0) is 23.1 Å². The van der Waals surface area contributed by atoms with Crippen LogP contribution in [0.2, 0.25) is 0 Å². The molecule has 0 saturated carbocycles. The van der Waals surface area contributed by atoms with E-state index in [0.717, 1.165) is 16.8 Å². The highest BCUT2D eigenvalue weighted by molar-refractivity contribution is 7.91. The van der Waals surface area contributed by atoms with Crippen LogP contribution in [0, 0.1) is 6.92 Å². The number of aromatic nitrogens is 6. The molecule has 0 unspecified atom stereocenters. The zero-order valence-corrected chi connectivity index (χ0v) is 17.7. The van der Waals surface area contributed by atoms with Gasteiger partial charge in [-0.05, 0) is 13.0 Å². The average Bonchev–Trinajstić information content (AvgIpc) is 3.24. The summed E-state index contributed by atoms with van der Waals surface area (Å²) in [7, 11) is -2.52. The summed E-state index contributed by atoms with van der Waals surface area (Å²) in [6, 6.07) is 0.749. The number of nitrogens with zero attached hydrogens (tertiary/aromatic N) is 6.